The average Bonchev–Trinajstić information content (AvgIpc) is 2.06. The molecule has 0 amide bonds. The summed E-state index contributed by atoms with van der Waals surface area (Å²) >= 11 is 0.561. The van der Waals surface area contributed by atoms with Crippen LogP contribution in [0.5, 0.6) is 0 Å². The van der Waals surface area contributed by atoms with Crippen LogP contribution in [0, 0.1) is 0 Å². The van der Waals surface area contributed by atoms with Crippen LogP contribution in [0.15, 0.2) is 29.2 Å². The first-order valence-electron chi connectivity index (χ1n) is 4.37. The van der Waals surface area contributed by atoms with E-state index in [2.05, 4.69) is 0 Å². The lowest BCUT2D eigenvalue weighted by Crippen LogP contribution is -2.17. The molecular weight excluding hydrogens is 204 g/mol. The van der Waals surface area contributed by atoms with Gasteiger partial charge in [0, 0.05) is 10.9 Å². The lowest BCUT2D eigenvalue weighted by molar-refractivity contribution is 0.252. The van der Waals surface area contributed by atoms with Gasteiger partial charge >= 0.3 is 0 Å². The Morgan fingerprint density at radius 1 is 1.29 bits per heavy atom. The Morgan fingerprint density at radius 3 is 2.29 bits per heavy atom. The Bertz CT molecular complexity index is 243. The first-order valence-corrected chi connectivity index (χ1v) is 5.25. The minimum Gasteiger partial charge on any atom is -0.328 e. The van der Waals surface area contributed by atoms with E-state index in [0.717, 1.165) is 12.0 Å². The number of benzene rings is 1. The molecule has 1 aromatic rings. The summed E-state index contributed by atoms with van der Waals surface area (Å²) in [5.41, 5.74) is 6.70. The Balaban J connectivity index is 2.59. The highest BCUT2D eigenvalue weighted by Gasteiger charge is 2.05. The SMILES string of the molecule is C[C@@H](N)Cc1ccc(SC(F)F)cc1. The number of halogens is 2. The van der Waals surface area contributed by atoms with Gasteiger partial charge in [-0.25, -0.2) is 0 Å². The first-order chi connectivity index (χ1) is 6.58. The van der Waals surface area contributed by atoms with Crippen LogP contribution in [0.25, 0.3) is 0 Å². The van der Waals surface area contributed by atoms with E-state index in [1.807, 2.05) is 19.1 Å². The second-order valence-electron chi connectivity index (χ2n) is 3.20. The zero-order chi connectivity index (χ0) is 10.6. The lowest BCUT2D eigenvalue weighted by Gasteiger charge is -2.05. The van der Waals surface area contributed by atoms with Crippen LogP contribution in [0.4, 0.5) is 8.78 Å². The second kappa shape index (κ2) is 5.32. The molecule has 0 radical (unpaired) electrons. The van der Waals surface area contributed by atoms with Gasteiger partial charge < -0.3 is 5.73 Å². The van der Waals surface area contributed by atoms with Crippen molar-refractivity contribution in [3.05, 3.63) is 29.8 Å². The summed E-state index contributed by atoms with van der Waals surface area (Å²) in [6, 6.07) is 7.19. The van der Waals surface area contributed by atoms with Crippen LogP contribution in [-0.4, -0.2) is 11.8 Å². The molecule has 0 unspecified atom stereocenters. The molecule has 1 aromatic carbocycles. The van der Waals surface area contributed by atoms with Gasteiger partial charge in [-0.1, -0.05) is 23.9 Å². The molecule has 78 valence electrons. The predicted octanol–water partition coefficient (Wildman–Crippen LogP) is 2.89. The minimum absolute atomic E-state index is 0.101. The number of alkyl halides is 2. The van der Waals surface area contributed by atoms with Crippen LogP contribution < -0.4 is 5.73 Å². The standard InChI is InChI=1S/C10H13F2NS/c1-7(13)6-8-2-4-9(5-3-8)14-10(11)12/h2-5,7,10H,6,13H2,1H3/t7-/m1/s1. The van der Waals surface area contributed by atoms with E-state index in [9.17, 15) is 8.78 Å². The Hall–Kier alpha value is -0.610. The van der Waals surface area contributed by atoms with E-state index in [1.54, 1.807) is 12.1 Å². The summed E-state index contributed by atoms with van der Waals surface area (Å²) in [7, 11) is 0. The molecule has 0 spiro atoms. The molecule has 0 heterocycles. The van der Waals surface area contributed by atoms with Crippen molar-refractivity contribution in [3.63, 3.8) is 0 Å². The summed E-state index contributed by atoms with van der Waals surface area (Å²) in [6.07, 6.45) is 0.777. The normalized spacial score (nSPS) is 13.2. The van der Waals surface area contributed by atoms with Gasteiger partial charge in [-0.05, 0) is 31.0 Å². The fraction of sp³-hybridized carbons (Fsp3) is 0.400. The molecule has 0 saturated heterocycles. The Morgan fingerprint density at radius 2 is 1.86 bits per heavy atom. The number of hydrogen-bond acceptors (Lipinski definition) is 2. The van der Waals surface area contributed by atoms with Crippen LogP contribution in [-0.2, 0) is 6.42 Å². The molecule has 0 aromatic heterocycles. The molecule has 1 rings (SSSR count). The number of nitrogens with two attached hydrogens (primary N) is 1. The van der Waals surface area contributed by atoms with E-state index < -0.39 is 5.76 Å². The van der Waals surface area contributed by atoms with E-state index in [4.69, 9.17) is 5.73 Å². The summed E-state index contributed by atoms with van der Waals surface area (Å²) in [5.74, 6) is -2.35. The third kappa shape index (κ3) is 4.07. The predicted molar refractivity (Wildman–Crippen MR) is 55.7 cm³/mol. The zero-order valence-corrected chi connectivity index (χ0v) is 8.73. The lowest BCUT2D eigenvalue weighted by atomic mass is 10.1. The van der Waals surface area contributed by atoms with Gasteiger partial charge in [0.05, 0.1) is 0 Å². The Kier molecular flexibility index (Phi) is 4.35. The maximum absolute atomic E-state index is 12.0. The van der Waals surface area contributed by atoms with Gasteiger partial charge in [-0.15, -0.1) is 0 Å². The molecule has 1 nitrogen and oxygen atoms in total. The van der Waals surface area contributed by atoms with Gasteiger partial charge in [-0.2, -0.15) is 8.78 Å². The summed E-state index contributed by atoms with van der Waals surface area (Å²) < 4.78 is 23.9. The van der Waals surface area contributed by atoms with E-state index in [-0.39, 0.29) is 6.04 Å². The van der Waals surface area contributed by atoms with Crippen LogP contribution >= 0.6 is 11.8 Å². The summed E-state index contributed by atoms with van der Waals surface area (Å²) in [4.78, 5) is 0.591. The molecule has 4 heteroatoms. The number of hydrogen-bond donors (Lipinski definition) is 1. The van der Waals surface area contributed by atoms with Gasteiger partial charge in [0.25, 0.3) is 5.76 Å². The van der Waals surface area contributed by atoms with Gasteiger partial charge in [0.2, 0.25) is 0 Å². The third-order valence-electron chi connectivity index (χ3n) is 1.71. The minimum atomic E-state index is -2.35. The van der Waals surface area contributed by atoms with E-state index in [1.165, 1.54) is 0 Å². The monoisotopic (exact) mass is 217 g/mol. The van der Waals surface area contributed by atoms with Crippen molar-refractivity contribution in [1.29, 1.82) is 0 Å². The molecule has 0 fully saturated rings. The maximum Gasteiger partial charge on any atom is 0.288 e. The highest BCUT2D eigenvalue weighted by atomic mass is 32.2. The molecule has 1 atom stereocenters. The van der Waals surface area contributed by atoms with Gasteiger partial charge in [0.15, 0.2) is 0 Å². The largest absolute Gasteiger partial charge is 0.328 e. The third-order valence-corrected chi connectivity index (χ3v) is 2.43. The smallest absolute Gasteiger partial charge is 0.288 e. The van der Waals surface area contributed by atoms with Crippen LogP contribution in [0.1, 0.15) is 12.5 Å². The quantitative estimate of drug-likeness (QED) is 0.785. The molecule has 0 aliphatic carbocycles. The average molecular weight is 217 g/mol. The highest BCUT2D eigenvalue weighted by molar-refractivity contribution is 7.99. The first kappa shape index (κ1) is 11.5. The number of thioether (sulfide) groups is 1. The maximum atomic E-state index is 12.0. The van der Waals surface area contributed by atoms with Crippen LogP contribution in [0.3, 0.4) is 0 Å². The topological polar surface area (TPSA) is 26.0 Å². The van der Waals surface area contributed by atoms with Crippen molar-refractivity contribution in [2.75, 3.05) is 0 Å². The van der Waals surface area contributed by atoms with Crippen molar-refractivity contribution >= 4 is 11.8 Å². The van der Waals surface area contributed by atoms with Gasteiger partial charge in [0.1, 0.15) is 0 Å². The molecule has 14 heavy (non-hydrogen) atoms. The van der Waals surface area contributed by atoms with Crippen molar-refractivity contribution in [3.8, 4) is 0 Å². The van der Waals surface area contributed by atoms with Crippen LogP contribution in [0.2, 0.25) is 0 Å². The molecule has 0 aliphatic heterocycles. The van der Waals surface area contributed by atoms with Gasteiger partial charge in [-0.3, -0.25) is 0 Å². The van der Waals surface area contributed by atoms with E-state index in [0.29, 0.717) is 16.7 Å². The van der Waals surface area contributed by atoms with Crippen molar-refractivity contribution in [2.24, 2.45) is 5.73 Å². The van der Waals surface area contributed by atoms with E-state index >= 15 is 0 Å². The molecule has 2 N–H and O–H groups in total. The second-order valence-corrected chi connectivity index (χ2v) is 4.27. The summed E-state index contributed by atoms with van der Waals surface area (Å²) in [5, 5.41) is 0. The molecular formula is C10H13F2NS. The summed E-state index contributed by atoms with van der Waals surface area (Å²) in [6.45, 7) is 1.92. The number of rotatable bonds is 4. The fourth-order valence-corrected chi connectivity index (χ4v) is 1.68. The zero-order valence-electron chi connectivity index (χ0n) is 7.91. The molecule has 0 bridgehead atoms. The Labute approximate surface area is 86.7 Å². The van der Waals surface area contributed by atoms with Crippen molar-refractivity contribution < 1.29 is 8.78 Å². The molecule has 0 saturated carbocycles. The highest BCUT2D eigenvalue weighted by Crippen LogP contribution is 2.25. The van der Waals surface area contributed by atoms with Crippen molar-refractivity contribution in [1.82, 2.24) is 0 Å². The molecule has 0 aliphatic rings. The fourth-order valence-electron chi connectivity index (χ4n) is 1.18. The van der Waals surface area contributed by atoms with Crippen molar-refractivity contribution in [2.45, 2.75) is 30.0 Å².